The van der Waals surface area contributed by atoms with E-state index in [2.05, 4.69) is 33.3 Å². The fourth-order valence-corrected chi connectivity index (χ4v) is 5.15. The van der Waals surface area contributed by atoms with Crippen LogP contribution in [0.3, 0.4) is 0 Å². The van der Waals surface area contributed by atoms with Crippen LogP contribution in [0.1, 0.15) is 64.4 Å². The maximum atomic E-state index is 13.5. The Morgan fingerprint density at radius 2 is 2.03 bits per heavy atom. The lowest BCUT2D eigenvalue weighted by molar-refractivity contribution is 0.0810. The zero-order valence-corrected chi connectivity index (χ0v) is 18.4. The van der Waals surface area contributed by atoms with E-state index in [4.69, 9.17) is 4.52 Å². The minimum atomic E-state index is -0.179. The first-order chi connectivity index (χ1) is 14.4. The van der Waals surface area contributed by atoms with Gasteiger partial charge in [0.1, 0.15) is 17.1 Å². The summed E-state index contributed by atoms with van der Waals surface area (Å²) in [6, 6.07) is 9.60. The van der Waals surface area contributed by atoms with E-state index < -0.39 is 0 Å². The van der Waals surface area contributed by atoms with E-state index in [1.807, 2.05) is 35.0 Å². The van der Waals surface area contributed by atoms with Gasteiger partial charge >= 0.3 is 0 Å². The van der Waals surface area contributed by atoms with Gasteiger partial charge in [0.2, 0.25) is 0 Å². The topological polar surface area (TPSA) is 77.1 Å². The number of hydrogen-bond acceptors (Lipinski definition) is 4. The summed E-state index contributed by atoms with van der Waals surface area (Å²) in [7, 11) is 0. The minimum Gasteiger partial charge on any atom is -0.360 e. The van der Waals surface area contributed by atoms with Gasteiger partial charge in [-0.1, -0.05) is 46.6 Å². The maximum absolute atomic E-state index is 13.5. The van der Waals surface area contributed by atoms with Gasteiger partial charge in [0.25, 0.3) is 5.91 Å². The predicted molar refractivity (Wildman–Crippen MR) is 116 cm³/mol. The van der Waals surface area contributed by atoms with E-state index in [1.54, 1.807) is 13.0 Å². The van der Waals surface area contributed by atoms with Crippen molar-refractivity contribution in [3.63, 3.8) is 0 Å². The van der Waals surface area contributed by atoms with Crippen molar-refractivity contribution in [1.29, 1.82) is 0 Å². The van der Waals surface area contributed by atoms with Gasteiger partial charge < -0.3 is 14.4 Å². The number of aromatic nitrogens is 2. The first kappa shape index (κ1) is 19.3. The van der Waals surface area contributed by atoms with Crippen LogP contribution in [0.15, 0.2) is 45.5 Å². The van der Waals surface area contributed by atoms with Gasteiger partial charge in [-0.05, 0) is 43.9 Å². The number of ketones is 1. The Hall–Kier alpha value is -2.67. The van der Waals surface area contributed by atoms with Crippen LogP contribution in [0.2, 0.25) is 0 Å². The van der Waals surface area contributed by atoms with Gasteiger partial charge in [-0.25, -0.2) is 0 Å². The highest BCUT2D eigenvalue weighted by molar-refractivity contribution is 9.10. The molecular weight excluding hydrogens is 446 g/mol. The molecule has 6 nitrogen and oxygen atoms in total. The van der Waals surface area contributed by atoms with E-state index in [0.29, 0.717) is 34.2 Å². The van der Waals surface area contributed by atoms with Crippen LogP contribution >= 0.6 is 15.9 Å². The second-order valence-electron chi connectivity index (χ2n) is 8.30. The Morgan fingerprint density at radius 1 is 1.27 bits per heavy atom. The Balaban J connectivity index is 1.57. The molecule has 1 N–H and O–H groups in total. The molecule has 0 saturated heterocycles. The number of halogens is 1. The van der Waals surface area contributed by atoms with E-state index in [-0.39, 0.29) is 23.8 Å². The van der Waals surface area contributed by atoms with Gasteiger partial charge in [0, 0.05) is 21.8 Å². The van der Waals surface area contributed by atoms with Crippen molar-refractivity contribution in [2.75, 3.05) is 0 Å². The second kappa shape index (κ2) is 7.23. The van der Waals surface area contributed by atoms with Gasteiger partial charge in [-0.3, -0.25) is 9.59 Å². The number of aryl methyl sites for hydroxylation is 1. The molecule has 1 aliphatic carbocycles. The number of hydrogen-bond donors (Lipinski definition) is 1. The molecule has 5 rings (SSSR count). The van der Waals surface area contributed by atoms with E-state index in [1.165, 1.54) is 0 Å². The molecule has 1 aromatic carbocycles. The molecule has 2 aromatic heterocycles. The van der Waals surface area contributed by atoms with E-state index in [9.17, 15) is 9.59 Å². The Morgan fingerprint density at radius 3 is 2.80 bits per heavy atom. The zero-order valence-electron chi connectivity index (χ0n) is 16.8. The number of carbonyl (C=O) groups excluding carboxylic acids is 2. The van der Waals surface area contributed by atoms with Gasteiger partial charge in [-0.15, -0.1) is 0 Å². The average Bonchev–Trinajstić information content (AvgIpc) is 3.33. The molecule has 1 saturated carbocycles. The van der Waals surface area contributed by atoms with Crippen LogP contribution in [0, 0.1) is 12.8 Å². The van der Waals surface area contributed by atoms with Crippen LogP contribution in [-0.4, -0.2) is 27.5 Å². The van der Waals surface area contributed by atoms with Gasteiger partial charge in [0.15, 0.2) is 5.78 Å². The predicted octanol–water partition coefficient (Wildman–Crippen LogP) is 4.92. The molecule has 2 aliphatic rings. The molecule has 0 spiro atoms. The SMILES string of the molecule is Cc1onc(-c2ccc(Br)cc2)c1C(=O)c1cc2n(c1)C1C(C)CCCC1NC2=O. The normalized spacial score (nSPS) is 22.9. The van der Waals surface area contributed by atoms with Crippen LogP contribution in [-0.2, 0) is 0 Å². The number of benzene rings is 1. The maximum Gasteiger partial charge on any atom is 0.268 e. The van der Waals surface area contributed by atoms with Crippen LogP contribution in [0.25, 0.3) is 11.3 Å². The lowest BCUT2D eigenvalue weighted by Crippen LogP contribution is -2.50. The highest BCUT2D eigenvalue weighted by Crippen LogP contribution is 2.38. The molecule has 154 valence electrons. The zero-order chi connectivity index (χ0) is 21.0. The molecule has 1 fully saturated rings. The molecule has 1 amide bonds. The number of amides is 1. The van der Waals surface area contributed by atoms with Crippen molar-refractivity contribution < 1.29 is 14.1 Å². The summed E-state index contributed by atoms with van der Waals surface area (Å²) in [5, 5.41) is 7.28. The molecule has 3 heterocycles. The van der Waals surface area contributed by atoms with E-state index in [0.717, 1.165) is 29.3 Å². The summed E-state index contributed by atoms with van der Waals surface area (Å²) < 4.78 is 8.34. The average molecular weight is 468 g/mol. The van der Waals surface area contributed by atoms with Crippen molar-refractivity contribution >= 4 is 27.6 Å². The summed E-state index contributed by atoms with van der Waals surface area (Å²) in [5.41, 5.74) is 2.80. The standard InChI is InChI=1S/C23H22BrN3O3/c1-12-4-3-5-17-21(12)27-11-15(10-18(27)23(29)25-17)22(28)19-13(2)30-26-20(19)14-6-8-16(24)9-7-14/h6-12,17,21H,3-5H2,1-2H3,(H,25,29). The fraction of sp³-hybridized carbons (Fsp3) is 0.348. The highest BCUT2D eigenvalue weighted by atomic mass is 79.9. The van der Waals surface area contributed by atoms with Crippen molar-refractivity contribution in [2.24, 2.45) is 5.92 Å². The molecular formula is C23H22BrN3O3. The lowest BCUT2D eigenvalue weighted by Gasteiger charge is -2.41. The van der Waals surface area contributed by atoms with Crippen LogP contribution in [0.5, 0.6) is 0 Å². The minimum absolute atomic E-state index is 0.112. The summed E-state index contributed by atoms with van der Waals surface area (Å²) in [6.45, 7) is 3.96. The number of rotatable bonds is 3. The summed E-state index contributed by atoms with van der Waals surface area (Å²) in [5.74, 6) is 0.616. The van der Waals surface area contributed by atoms with Crippen molar-refractivity contribution in [1.82, 2.24) is 15.0 Å². The second-order valence-corrected chi connectivity index (χ2v) is 9.21. The van der Waals surface area contributed by atoms with Crippen molar-refractivity contribution in [2.45, 2.75) is 45.2 Å². The van der Waals surface area contributed by atoms with E-state index >= 15 is 0 Å². The molecule has 30 heavy (non-hydrogen) atoms. The summed E-state index contributed by atoms with van der Waals surface area (Å²) in [4.78, 5) is 26.2. The number of nitrogens with zero attached hydrogens (tertiary/aromatic N) is 2. The molecule has 0 radical (unpaired) electrons. The monoisotopic (exact) mass is 467 g/mol. The quantitative estimate of drug-likeness (QED) is 0.554. The Kier molecular flexibility index (Phi) is 4.65. The first-order valence-electron chi connectivity index (χ1n) is 10.2. The van der Waals surface area contributed by atoms with Crippen molar-refractivity contribution in [3.8, 4) is 11.3 Å². The molecule has 1 aliphatic heterocycles. The first-order valence-corrected chi connectivity index (χ1v) is 11.0. The molecule has 3 unspecified atom stereocenters. The largest absolute Gasteiger partial charge is 0.360 e. The highest BCUT2D eigenvalue weighted by Gasteiger charge is 2.39. The lowest BCUT2D eigenvalue weighted by atomic mass is 9.81. The van der Waals surface area contributed by atoms with Crippen LogP contribution in [0.4, 0.5) is 0 Å². The van der Waals surface area contributed by atoms with Crippen molar-refractivity contribution in [3.05, 3.63) is 63.6 Å². The molecule has 7 heteroatoms. The smallest absolute Gasteiger partial charge is 0.268 e. The van der Waals surface area contributed by atoms with Gasteiger partial charge in [0.05, 0.1) is 17.6 Å². The Labute approximate surface area is 182 Å². The molecule has 0 bridgehead atoms. The summed E-state index contributed by atoms with van der Waals surface area (Å²) in [6.07, 6.45) is 5.05. The number of fused-ring (bicyclic) bond motifs is 3. The third-order valence-corrected chi connectivity index (χ3v) is 6.89. The Bertz CT molecular complexity index is 1150. The molecule has 3 atom stereocenters. The van der Waals surface area contributed by atoms with Crippen LogP contribution < -0.4 is 5.32 Å². The summed E-state index contributed by atoms with van der Waals surface area (Å²) >= 11 is 3.43. The molecule has 3 aromatic rings. The van der Waals surface area contributed by atoms with Gasteiger partial charge in [-0.2, -0.15) is 0 Å². The third-order valence-electron chi connectivity index (χ3n) is 6.36. The number of nitrogens with one attached hydrogen (secondary N) is 1. The third kappa shape index (κ3) is 3.03. The number of carbonyl (C=O) groups is 2. The fourth-order valence-electron chi connectivity index (χ4n) is 4.89.